The van der Waals surface area contributed by atoms with Crippen molar-refractivity contribution in [2.24, 2.45) is 0 Å². The molecule has 14 heavy (non-hydrogen) atoms. The molecular weight excluding hydrogens is 212 g/mol. The summed E-state index contributed by atoms with van der Waals surface area (Å²) < 4.78 is 0. The second-order valence-corrected chi connectivity index (χ2v) is 9.19. The lowest BCUT2D eigenvalue weighted by Gasteiger charge is -2.04. The van der Waals surface area contributed by atoms with Crippen LogP contribution in [-0.2, 0) is 0 Å². The molecule has 0 atom stereocenters. The van der Waals surface area contributed by atoms with Gasteiger partial charge < -0.3 is 5.73 Å². The number of rotatable bonds is 0. The van der Waals surface area contributed by atoms with Crippen LogP contribution in [0.2, 0.25) is 24.7 Å². The van der Waals surface area contributed by atoms with Gasteiger partial charge in [-0.1, -0.05) is 37.2 Å². The van der Waals surface area contributed by atoms with E-state index in [0.29, 0.717) is 10.8 Å². The van der Waals surface area contributed by atoms with E-state index < -0.39 is 8.07 Å². The molecule has 1 heterocycles. The van der Waals surface area contributed by atoms with Gasteiger partial charge in [-0.2, -0.15) is 0 Å². The zero-order chi connectivity index (χ0) is 10.8. The highest BCUT2D eigenvalue weighted by atomic mass is 35.5. The van der Waals surface area contributed by atoms with Gasteiger partial charge in [-0.05, 0) is 6.07 Å². The largest absolute Gasteiger partial charge is 0.382 e. The van der Waals surface area contributed by atoms with Crippen LogP contribution in [0.25, 0.3) is 0 Å². The Bertz CT molecular complexity index is 399. The first-order valence-corrected chi connectivity index (χ1v) is 8.21. The zero-order valence-electron chi connectivity index (χ0n) is 8.56. The number of anilines is 1. The lowest BCUT2D eigenvalue weighted by Crippen LogP contribution is -2.16. The van der Waals surface area contributed by atoms with E-state index in [1.807, 2.05) is 0 Å². The summed E-state index contributed by atoms with van der Waals surface area (Å²) in [6, 6.07) is 1.78. The van der Waals surface area contributed by atoms with Crippen LogP contribution in [0.1, 0.15) is 5.56 Å². The summed E-state index contributed by atoms with van der Waals surface area (Å²) in [7, 11) is -1.36. The summed E-state index contributed by atoms with van der Waals surface area (Å²) in [6.07, 6.45) is 1.62. The summed E-state index contributed by atoms with van der Waals surface area (Å²) >= 11 is 5.95. The van der Waals surface area contributed by atoms with E-state index in [1.54, 1.807) is 12.3 Å². The van der Waals surface area contributed by atoms with E-state index in [4.69, 9.17) is 17.3 Å². The van der Waals surface area contributed by atoms with E-state index in [2.05, 4.69) is 36.1 Å². The van der Waals surface area contributed by atoms with Gasteiger partial charge in [0.15, 0.2) is 0 Å². The Morgan fingerprint density at radius 3 is 2.64 bits per heavy atom. The first kappa shape index (κ1) is 11.1. The Hall–Kier alpha value is -0.983. The highest BCUT2D eigenvalue weighted by molar-refractivity contribution is 6.83. The van der Waals surface area contributed by atoms with Gasteiger partial charge in [-0.3, -0.25) is 0 Å². The molecule has 0 saturated heterocycles. The van der Waals surface area contributed by atoms with Gasteiger partial charge >= 0.3 is 0 Å². The minimum absolute atomic E-state index is 0.342. The molecule has 2 N–H and O–H groups in total. The van der Waals surface area contributed by atoms with Gasteiger partial charge in [0, 0.05) is 11.8 Å². The SMILES string of the molecule is C[Si](C)(C)C#Cc1ccnc(N)c1Cl. The van der Waals surface area contributed by atoms with Crippen molar-refractivity contribution in [3.05, 3.63) is 22.8 Å². The van der Waals surface area contributed by atoms with Crippen molar-refractivity contribution in [3.63, 3.8) is 0 Å². The fourth-order valence-electron chi connectivity index (χ4n) is 0.811. The quantitative estimate of drug-likeness (QED) is 0.544. The maximum atomic E-state index is 5.95. The molecule has 0 aliphatic rings. The fraction of sp³-hybridized carbons (Fsp3) is 0.300. The van der Waals surface area contributed by atoms with E-state index in [0.717, 1.165) is 5.56 Å². The molecule has 0 saturated carbocycles. The van der Waals surface area contributed by atoms with E-state index in [-0.39, 0.29) is 0 Å². The molecule has 74 valence electrons. The van der Waals surface area contributed by atoms with Gasteiger partial charge in [0.25, 0.3) is 0 Å². The van der Waals surface area contributed by atoms with Crippen LogP contribution in [0, 0.1) is 11.5 Å². The van der Waals surface area contributed by atoms with Crippen LogP contribution in [0.4, 0.5) is 5.82 Å². The van der Waals surface area contributed by atoms with Crippen molar-refractivity contribution in [1.82, 2.24) is 4.98 Å². The Morgan fingerprint density at radius 2 is 2.07 bits per heavy atom. The number of nitrogen functional groups attached to an aromatic ring is 1. The molecule has 1 rings (SSSR count). The van der Waals surface area contributed by atoms with Crippen LogP contribution >= 0.6 is 11.6 Å². The van der Waals surface area contributed by atoms with Gasteiger partial charge in [-0.15, -0.1) is 5.54 Å². The normalized spacial score (nSPS) is 10.6. The number of aromatic nitrogens is 1. The average molecular weight is 225 g/mol. The highest BCUT2D eigenvalue weighted by Crippen LogP contribution is 2.19. The van der Waals surface area contributed by atoms with E-state index >= 15 is 0 Å². The molecule has 0 radical (unpaired) electrons. The van der Waals surface area contributed by atoms with Crippen molar-refractivity contribution in [3.8, 4) is 11.5 Å². The third-order valence-corrected chi connectivity index (χ3v) is 2.76. The second kappa shape index (κ2) is 4.03. The highest BCUT2D eigenvalue weighted by Gasteiger charge is 2.08. The second-order valence-electron chi connectivity index (χ2n) is 4.06. The average Bonchev–Trinajstić information content (AvgIpc) is 2.06. The van der Waals surface area contributed by atoms with E-state index in [9.17, 15) is 0 Å². The molecule has 2 nitrogen and oxygen atoms in total. The van der Waals surface area contributed by atoms with Crippen LogP contribution in [-0.4, -0.2) is 13.1 Å². The monoisotopic (exact) mass is 224 g/mol. The summed E-state index contributed by atoms with van der Waals surface area (Å²) in [5.41, 5.74) is 9.55. The maximum Gasteiger partial charge on any atom is 0.143 e. The minimum atomic E-state index is -1.36. The van der Waals surface area contributed by atoms with Gasteiger partial charge in [0.05, 0.1) is 5.02 Å². The van der Waals surface area contributed by atoms with Crippen molar-refractivity contribution in [2.75, 3.05) is 5.73 Å². The molecular formula is C10H13ClN2Si. The third-order valence-electron chi connectivity index (χ3n) is 1.49. The summed E-state index contributed by atoms with van der Waals surface area (Å²) in [5, 5.41) is 0.457. The van der Waals surface area contributed by atoms with Crippen LogP contribution in [0.15, 0.2) is 12.3 Å². The van der Waals surface area contributed by atoms with Crippen LogP contribution in [0.5, 0.6) is 0 Å². The summed E-state index contributed by atoms with van der Waals surface area (Å²) in [4.78, 5) is 3.87. The molecule has 0 bridgehead atoms. The Balaban J connectivity index is 3.08. The van der Waals surface area contributed by atoms with Gasteiger partial charge in [0.2, 0.25) is 0 Å². The Kier molecular flexibility index (Phi) is 3.20. The topological polar surface area (TPSA) is 38.9 Å². The Labute approximate surface area is 90.5 Å². The molecule has 0 amide bonds. The molecule has 1 aromatic heterocycles. The molecule has 0 fully saturated rings. The number of pyridine rings is 1. The molecule has 0 aromatic carbocycles. The van der Waals surface area contributed by atoms with Crippen molar-refractivity contribution >= 4 is 25.5 Å². The van der Waals surface area contributed by atoms with E-state index in [1.165, 1.54) is 0 Å². The number of hydrogen-bond donors (Lipinski definition) is 1. The number of hydrogen-bond acceptors (Lipinski definition) is 2. The molecule has 4 heteroatoms. The molecule has 0 unspecified atom stereocenters. The molecule has 0 aliphatic carbocycles. The van der Waals surface area contributed by atoms with Crippen LogP contribution in [0.3, 0.4) is 0 Å². The zero-order valence-corrected chi connectivity index (χ0v) is 10.3. The van der Waals surface area contributed by atoms with Crippen LogP contribution < -0.4 is 5.73 Å². The predicted molar refractivity (Wildman–Crippen MR) is 63.9 cm³/mol. The van der Waals surface area contributed by atoms with Gasteiger partial charge in [0.1, 0.15) is 13.9 Å². The number of halogens is 1. The number of nitrogens with two attached hydrogens (primary N) is 1. The number of nitrogens with zero attached hydrogens (tertiary/aromatic N) is 1. The first-order valence-electron chi connectivity index (χ1n) is 4.33. The lowest BCUT2D eigenvalue weighted by atomic mass is 10.3. The summed E-state index contributed by atoms with van der Waals surface area (Å²) in [5.74, 6) is 3.40. The molecule has 1 aromatic rings. The molecule has 0 spiro atoms. The lowest BCUT2D eigenvalue weighted by molar-refractivity contribution is 1.33. The van der Waals surface area contributed by atoms with Crippen molar-refractivity contribution < 1.29 is 0 Å². The third kappa shape index (κ3) is 3.06. The van der Waals surface area contributed by atoms with Crippen molar-refractivity contribution in [2.45, 2.75) is 19.6 Å². The minimum Gasteiger partial charge on any atom is -0.382 e. The standard InChI is InChI=1S/C10H13ClN2Si/c1-14(2,3)7-5-8-4-6-13-10(12)9(8)11/h4,6H,1-3H3,(H2,12,13). The fourth-order valence-corrected chi connectivity index (χ4v) is 1.48. The first-order chi connectivity index (χ1) is 6.40. The maximum absolute atomic E-state index is 5.95. The predicted octanol–water partition coefficient (Wildman–Crippen LogP) is 2.55. The smallest absolute Gasteiger partial charge is 0.143 e. The molecule has 0 aliphatic heterocycles. The Morgan fingerprint density at radius 1 is 1.43 bits per heavy atom. The van der Waals surface area contributed by atoms with Crippen molar-refractivity contribution in [1.29, 1.82) is 0 Å². The summed E-state index contributed by atoms with van der Waals surface area (Å²) in [6.45, 7) is 6.54. The van der Waals surface area contributed by atoms with Gasteiger partial charge in [-0.25, -0.2) is 4.98 Å².